The molecule has 0 aliphatic carbocycles. The van der Waals surface area contributed by atoms with Gasteiger partial charge < -0.3 is 11.1 Å². The topological polar surface area (TPSA) is 90.0 Å². The normalized spacial score (nSPS) is 10.4. The van der Waals surface area contributed by atoms with Crippen molar-refractivity contribution >= 4 is 29.1 Å². The summed E-state index contributed by atoms with van der Waals surface area (Å²) in [5.74, 6) is -1.14. The fraction of sp³-hybridized carbons (Fsp3) is 0. The van der Waals surface area contributed by atoms with Gasteiger partial charge >= 0.3 is 0 Å². The molecule has 0 saturated heterocycles. The first-order valence-electron chi connectivity index (χ1n) is 7.07. The summed E-state index contributed by atoms with van der Waals surface area (Å²) in [6.45, 7) is 0. The summed E-state index contributed by atoms with van der Waals surface area (Å²) in [5, 5.41) is 7.37. The van der Waals surface area contributed by atoms with E-state index < -0.39 is 11.8 Å². The number of benzene rings is 2. The lowest BCUT2D eigenvalue weighted by Crippen LogP contribution is -2.16. The van der Waals surface area contributed by atoms with Crippen LogP contribution in [0.2, 0.25) is 5.02 Å². The number of carbonyl (C=O) groups is 2. The van der Waals surface area contributed by atoms with Crippen LogP contribution in [0, 0.1) is 0 Å². The molecule has 1 aromatic heterocycles. The van der Waals surface area contributed by atoms with E-state index in [1.807, 2.05) is 6.07 Å². The van der Waals surface area contributed by atoms with Gasteiger partial charge in [0.2, 0.25) is 0 Å². The molecule has 2 amide bonds. The minimum absolute atomic E-state index is 0.0765. The summed E-state index contributed by atoms with van der Waals surface area (Å²) >= 11 is 5.89. The number of nitrogens with one attached hydrogen (secondary N) is 1. The van der Waals surface area contributed by atoms with Crippen LogP contribution in [0.25, 0.3) is 5.69 Å². The molecule has 0 aliphatic rings. The molecule has 0 radical (unpaired) electrons. The van der Waals surface area contributed by atoms with E-state index in [-0.39, 0.29) is 11.4 Å². The average Bonchev–Trinajstić information content (AvgIpc) is 3.01. The summed E-state index contributed by atoms with van der Waals surface area (Å²) < 4.78 is 1.34. The van der Waals surface area contributed by atoms with Crippen LogP contribution in [0.5, 0.6) is 0 Å². The minimum atomic E-state index is -0.673. The summed E-state index contributed by atoms with van der Waals surface area (Å²) in [6.07, 6.45) is 0. The van der Waals surface area contributed by atoms with Crippen molar-refractivity contribution in [1.29, 1.82) is 0 Å². The summed E-state index contributed by atoms with van der Waals surface area (Å²) in [6, 6.07) is 17.0. The van der Waals surface area contributed by atoms with Crippen LogP contribution in [-0.2, 0) is 0 Å². The van der Waals surface area contributed by atoms with Crippen LogP contribution >= 0.6 is 11.6 Å². The highest BCUT2D eigenvalue weighted by atomic mass is 35.5. The third kappa shape index (κ3) is 3.28. The van der Waals surface area contributed by atoms with Crippen LogP contribution in [0.4, 0.5) is 5.69 Å². The number of carbonyl (C=O) groups excluding carboxylic acids is 2. The van der Waals surface area contributed by atoms with E-state index in [0.29, 0.717) is 16.4 Å². The number of halogens is 1. The standard InChI is InChI=1S/C17H13ClN4O2/c18-11-5-4-6-12(9-11)20-17(24)14-10-15(16(19)23)22(21-14)13-7-2-1-3-8-13/h1-10H,(H2,19,23)(H,20,24). The third-order valence-electron chi connectivity index (χ3n) is 3.28. The van der Waals surface area contributed by atoms with Gasteiger partial charge in [0.15, 0.2) is 5.69 Å². The number of primary amides is 1. The molecule has 0 saturated carbocycles. The van der Waals surface area contributed by atoms with Crippen LogP contribution in [0.1, 0.15) is 21.0 Å². The van der Waals surface area contributed by atoms with Crippen LogP contribution < -0.4 is 11.1 Å². The number of hydrogen-bond donors (Lipinski definition) is 2. The maximum Gasteiger partial charge on any atom is 0.276 e. The molecule has 0 unspecified atom stereocenters. The lowest BCUT2D eigenvalue weighted by Gasteiger charge is -2.04. The highest BCUT2D eigenvalue weighted by molar-refractivity contribution is 6.30. The Morgan fingerprint density at radius 1 is 1.04 bits per heavy atom. The van der Waals surface area contributed by atoms with E-state index in [1.54, 1.807) is 48.5 Å². The van der Waals surface area contributed by atoms with Crippen LogP contribution in [0.3, 0.4) is 0 Å². The van der Waals surface area contributed by atoms with Gasteiger partial charge in [-0.3, -0.25) is 9.59 Å². The molecule has 0 fully saturated rings. The molecule has 3 N–H and O–H groups in total. The van der Waals surface area contributed by atoms with Crippen molar-refractivity contribution in [3.8, 4) is 5.69 Å². The number of nitrogens with zero attached hydrogens (tertiary/aromatic N) is 2. The number of aromatic nitrogens is 2. The first kappa shape index (κ1) is 15.8. The van der Waals surface area contributed by atoms with E-state index in [9.17, 15) is 9.59 Å². The van der Waals surface area contributed by atoms with Crippen molar-refractivity contribution < 1.29 is 9.59 Å². The van der Waals surface area contributed by atoms with E-state index >= 15 is 0 Å². The summed E-state index contributed by atoms with van der Waals surface area (Å²) in [4.78, 5) is 24.0. The SMILES string of the molecule is NC(=O)c1cc(C(=O)Nc2cccc(Cl)c2)nn1-c1ccccc1. The maximum atomic E-state index is 12.4. The van der Waals surface area contributed by atoms with Gasteiger partial charge in [-0.2, -0.15) is 5.10 Å². The monoisotopic (exact) mass is 340 g/mol. The zero-order valence-electron chi connectivity index (χ0n) is 12.4. The molecular weight excluding hydrogens is 328 g/mol. The van der Waals surface area contributed by atoms with Crippen molar-refractivity contribution in [2.75, 3.05) is 5.32 Å². The van der Waals surface area contributed by atoms with Gasteiger partial charge in [-0.05, 0) is 30.3 Å². The zero-order valence-corrected chi connectivity index (χ0v) is 13.2. The van der Waals surface area contributed by atoms with Gasteiger partial charge in [-0.1, -0.05) is 35.9 Å². The Kier molecular flexibility index (Phi) is 4.31. The Morgan fingerprint density at radius 3 is 2.46 bits per heavy atom. The molecule has 3 rings (SSSR count). The number of amides is 2. The Hall–Kier alpha value is -3.12. The van der Waals surface area contributed by atoms with Gasteiger partial charge in [0, 0.05) is 16.8 Å². The van der Waals surface area contributed by atoms with Gasteiger partial charge in [-0.25, -0.2) is 4.68 Å². The zero-order chi connectivity index (χ0) is 17.1. The molecule has 0 bridgehead atoms. The number of rotatable bonds is 4. The predicted octanol–water partition coefficient (Wildman–Crippen LogP) is 2.88. The Morgan fingerprint density at radius 2 is 1.79 bits per heavy atom. The highest BCUT2D eigenvalue weighted by Gasteiger charge is 2.18. The van der Waals surface area contributed by atoms with E-state index in [1.165, 1.54) is 10.7 Å². The number of para-hydroxylation sites is 1. The smallest absolute Gasteiger partial charge is 0.276 e. The van der Waals surface area contributed by atoms with Crippen LogP contribution in [0.15, 0.2) is 60.7 Å². The average molecular weight is 341 g/mol. The second-order valence-electron chi connectivity index (χ2n) is 4.99. The molecule has 1 heterocycles. The predicted molar refractivity (Wildman–Crippen MR) is 91.5 cm³/mol. The fourth-order valence-corrected chi connectivity index (χ4v) is 2.39. The van der Waals surface area contributed by atoms with Crippen molar-refractivity contribution in [2.24, 2.45) is 5.73 Å². The van der Waals surface area contributed by atoms with Crippen molar-refractivity contribution in [1.82, 2.24) is 9.78 Å². The van der Waals surface area contributed by atoms with Crippen molar-refractivity contribution in [2.45, 2.75) is 0 Å². The quantitative estimate of drug-likeness (QED) is 0.765. The lowest BCUT2D eigenvalue weighted by atomic mass is 10.3. The maximum absolute atomic E-state index is 12.4. The molecular formula is C17H13ClN4O2. The molecule has 7 heteroatoms. The van der Waals surface area contributed by atoms with E-state index in [0.717, 1.165) is 0 Å². The second kappa shape index (κ2) is 6.55. The third-order valence-corrected chi connectivity index (χ3v) is 3.51. The van der Waals surface area contributed by atoms with Crippen molar-refractivity contribution in [3.05, 3.63) is 77.1 Å². The van der Waals surface area contributed by atoms with Crippen molar-refractivity contribution in [3.63, 3.8) is 0 Å². The molecule has 0 aliphatic heterocycles. The molecule has 120 valence electrons. The number of hydrogen-bond acceptors (Lipinski definition) is 3. The van der Waals surface area contributed by atoms with E-state index in [4.69, 9.17) is 17.3 Å². The van der Waals surface area contributed by atoms with Gasteiger partial charge in [0.05, 0.1) is 5.69 Å². The lowest BCUT2D eigenvalue weighted by molar-refractivity contribution is 0.0991. The van der Waals surface area contributed by atoms with Crippen LogP contribution in [-0.4, -0.2) is 21.6 Å². The highest BCUT2D eigenvalue weighted by Crippen LogP contribution is 2.17. The molecule has 3 aromatic rings. The molecule has 0 atom stereocenters. The number of nitrogens with two attached hydrogens (primary N) is 1. The minimum Gasteiger partial charge on any atom is -0.364 e. The first-order valence-corrected chi connectivity index (χ1v) is 7.44. The summed E-state index contributed by atoms with van der Waals surface area (Å²) in [5.41, 5.74) is 6.75. The number of anilines is 1. The van der Waals surface area contributed by atoms with Gasteiger partial charge in [0.1, 0.15) is 5.69 Å². The molecule has 2 aromatic carbocycles. The first-order chi connectivity index (χ1) is 11.5. The molecule has 0 spiro atoms. The second-order valence-corrected chi connectivity index (χ2v) is 5.43. The Balaban J connectivity index is 1.94. The van der Waals surface area contributed by atoms with Gasteiger partial charge in [0.25, 0.3) is 11.8 Å². The molecule has 6 nitrogen and oxygen atoms in total. The van der Waals surface area contributed by atoms with E-state index in [2.05, 4.69) is 10.4 Å². The largest absolute Gasteiger partial charge is 0.364 e. The summed E-state index contributed by atoms with van der Waals surface area (Å²) in [7, 11) is 0. The Labute approximate surface area is 142 Å². The Bertz CT molecular complexity index is 906. The molecule has 24 heavy (non-hydrogen) atoms. The fourth-order valence-electron chi connectivity index (χ4n) is 2.19. The van der Waals surface area contributed by atoms with Gasteiger partial charge in [-0.15, -0.1) is 0 Å².